The first-order valence-corrected chi connectivity index (χ1v) is 4.50. The molecule has 0 fully saturated rings. The minimum Gasteiger partial charge on any atom is -0.418 e. The van der Waals surface area contributed by atoms with Crippen molar-refractivity contribution in [3.05, 3.63) is 29.8 Å². The number of halogens is 4. The molecule has 1 aromatic rings. The zero-order valence-electron chi connectivity index (χ0n) is 7.61. The van der Waals surface area contributed by atoms with Crippen molar-refractivity contribution >= 4 is 19.9 Å². The first kappa shape index (κ1) is 13.4. The van der Waals surface area contributed by atoms with E-state index in [1.54, 1.807) is 0 Å². The molecule has 0 aromatic heterocycles. The van der Waals surface area contributed by atoms with Gasteiger partial charge < -0.3 is 17.3 Å². The molecule has 1 aromatic carbocycles. The summed E-state index contributed by atoms with van der Waals surface area (Å²) in [5.74, 6) is 0. The maximum atomic E-state index is 9.75. The predicted molar refractivity (Wildman–Crippen MR) is 54.4 cm³/mol. The summed E-state index contributed by atoms with van der Waals surface area (Å²) >= 11 is 3.42. The lowest BCUT2D eigenvalue weighted by Gasteiger charge is -1.94. The lowest BCUT2D eigenvalue weighted by atomic mass is 10.2. The third-order valence-corrected chi connectivity index (χ3v) is 1.70. The molecule has 0 heterocycles. The normalized spacial score (nSPS) is 10.4. The summed E-state index contributed by atoms with van der Waals surface area (Å²) in [5.41, 5.74) is 1.39. The molecule has 0 aliphatic carbocycles. The number of rotatable bonds is 1. The lowest BCUT2D eigenvalue weighted by molar-refractivity contribution is 0.368. The van der Waals surface area contributed by atoms with Gasteiger partial charge in [-0.15, -0.1) is 0 Å². The zero-order chi connectivity index (χ0) is 11.2. The van der Waals surface area contributed by atoms with Crippen molar-refractivity contribution in [2.45, 2.75) is 18.2 Å². The summed E-state index contributed by atoms with van der Waals surface area (Å²) < 4.78 is 39.0. The second kappa shape index (κ2) is 5.96. The average molecular weight is 226 g/mol. The third-order valence-electron chi connectivity index (χ3n) is 1.36. The van der Waals surface area contributed by atoms with Crippen LogP contribution in [0.1, 0.15) is 12.5 Å². The predicted octanol–water partition coefficient (Wildman–Crippen LogP) is 2.92. The highest BCUT2D eigenvalue weighted by Crippen LogP contribution is 2.06. The Bertz CT molecular complexity index is 251. The van der Waals surface area contributed by atoms with Crippen LogP contribution >= 0.6 is 0 Å². The van der Waals surface area contributed by atoms with E-state index in [1.165, 1.54) is 5.56 Å². The molecular formula is C8H11BF4S. The smallest absolute Gasteiger partial charge is 0.418 e. The van der Waals surface area contributed by atoms with E-state index in [9.17, 15) is 17.3 Å². The number of hydrogen-bond donors (Lipinski definition) is 0. The van der Waals surface area contributed by atoms with Crippen LogP contribution in [0.2, 0.25) is 0 Å². The Morgan fingerprint density at radius 3 is 1.71 bits per heavy atom. The topological polar surface area (TPSA) is 0 Å². The van der Waals surface area contributed by atoms with Crippen molar-refractivity contribution in [2.24, 2.45) is 0 Å². The minimum absolute atomic E-state index is 1.12. The molecule has 6 heteroatoms. The highest BCUT2D eigenvalue weighted by molar-refractivity contribution is 7.58. The Morgan fingerprint density at radius 2 is 1.43 bits per heavy atom. The second-order valence-corrected chi connectivity index (χ2v) is 3.12. The van der Waals surface area contributed by atoms with E-state index < -0.39 is 7.25 Å². The molecule has 0 nitrogen and oxygen atoms in total. The number of hydrogen-bond acceptors (Lipinski definition) is 0. The van der Waals surface area contributed by atoms with Crippen LogP contribution in [-0.4, -0.2) is 7.25 Å². The summed E-state index contributed by atoms with van der Waals surface area (Å²) in [6.07, 6.45) is 1.12. The Balaban J connectivity index is 0.000000292. The summed E-state index contributed by atoms with van der Waals surface area (Å²) in [5, 5.41) is 0. The van der Waals surface area contributed by atoms with Crippen LogP contribution < -0.4 is 0 Å². The van der Waals surface area contributed by atoms with Gasteiger partial charge in [0, 0.05) is 0 Å². The molecule has 0 bridgehead atoms. The molecule has 0 unspecified atom stereocenters. The highest BCUT2D eigenvalue weighted by Gasteiger charge is 2.20. The number of aryl methyl sites for hydroxylation is 1. The van der Waals surface area contributed by atoms with Gasteiger partial charge in [-0.2, -0.15) is 0 Å². The molecule has 14 heavy (non-hydrogen) atoms. The van der Waals surface area contributed by atoms with E-state index in [4.69, 9.17) is 0 Å². The van der Waals surface area contributed by atoms with Crippen LogP contribution in [0, 0.1) is 0 Å². The van der Waals surface area contributed by atoms with Gasteiger partial charge in [0.05, 0.1) is 0 Å². The van der Waals surface area contributed by atoms with Crippen LogP contribution in [0.3, 0.4) is 0 Å². The van der Waals surface area contributed by atoms with E-state index in [-0.39, 0.29) is 0 Å². The van der Waals surface area contributed by atoms with Gasteiger partial charge in [0.25, 0.3) is 0 Å². The Hall–Kier alpha value is -0.645. The fourth-order valence-electron chi connectivity index (χ4n) is 0.740. The van der Waals surface area contributed by atoms with Gasteiger partial charge in [0.15, 0.2) is 0 Å². The van der Waals surface area contributed by atoms with Crippen molar-refractivity contribution in [2.75, 3.05) is 0 Å². The molecule has 0 aliphatic heterocycles. The first-order chi connectivity index (χ1) is 6.33. The third kappa shape index (κ3) is 9.44. The van der Waals surface area contributed by atoms with Gasteiger partial charge in [-0.1, -0.05) is 19.1 Å². The van der Waals surface area contributed by atoms with E-state index >= 15 is 0 Å². The van der Waals surface area contributed by atoms with Gasteiger partial charge in [0.1, 0.15) is 4.90 Å². The monoisotopic (exact) mass is 226 g/mol. The van der Waals surface area contributed by atoms with Gasteiger partial charge >= 0.3 is 7.25 Å². The Kier molecular flexibility index (Phi) is 5.68. The van der Waals surface area contributed by atoms with Crippen molar-refractivity contribution in [1.82, 2.24) is 0 Å². The summed E-state index contributed by atoms with van der Waals surface area (Å²) in [7, 11) is -6.00. The molecule has 0 saturated carbocycles. The largest absolute Gasteiger partial charge is 0.673 e. The van der Waals surface area contributed by atoms with E-state index in [0.29, 0.717) is 0 Å². The quantitative estimate of drug-likeness (QED) is 0.392. The van der Waals surface area contributed by atoms with Gasteiger partial charge in [-0.05, 0) is 36.7 Å². The van der Waals surface area contributed by atoms with Crippen LogP contribution in [-0.2, 0) is 19.0 Å². The molecule has 80 valence electrons. The fourth-order valence-corrected chi connectivity index (χ4v) is 0.907. The van der Waals surface area contributed by atoms with Crippen LogP contribution in [0.4, 0.5) is 17.3 Å². The van der Waals surface area contributed by atoms with E-state index in [1.807, 2.05) is 0 Å². The molecule has 0 aliphatic rings. The SMILES string of the molecule is CCc1ccc([SH2+])cc1.F[B-](F)(F)F. The molecule has 1 rings (SSSR count). The maximum absolute atomic E-state index is 9.75. The molecule has 0 atom stereocenters. The van der Waals surface area contributed by atoms with E-state index in [2.05, 4.69) is 43.8 Å². The first-order valence-electron chi connectivity index (χ1n) is 4.00. The molecule has 0 N–H and O–H groups in total. The molecule has 0 spiro atoms. The molecule has 0 amide bonds. The van der Waals surface area contributed by atoms with Gasteiger partial charge in [0.2, 0.25) is 0 Å². The van der Waals surface area contributed by atoms with Crippen molar-refractivity contribution < 1.29 is 17.3 Å². The van der Waals surface area contributed by atoms with Crippen molar-refractivity contribution in [3.8, 4) is 0 Å². The second-order valence-electron chi connectivity index (χ2n) is 2.55. The summed E-state index contributed by atoms with van der Waals surface area (Å²) in [6.45, 7) is 2.16. The maximum Gasteiger partial charge on any atom is 0.673 e. The van der Waals surface area contributed by atoms with Crippen molar-refractivity contribution in [3.63, 3.8) is 0 Å². The van der Waals surface area contributed by atoms with Crippen LogP contribution in [0.25, 0.3) is 0 Å². The van der Waals surface area contributed by atoms with Crippen molar-refractivity contribution in [1.29, 1.82) is 0 Å². The molecule has 0 radical (unpaired) electrons. The van der Waals surface area contributed by atoms with Crippen LogP contribution in [0.15, 0.2) is 29.2 Å². The van der Waals surface area contributed by atoms with E-state index in [0.717, 1.165) is 11.3 Å². The van der Waals surface area contributed by atoms with Crippen LogP contribution in [0.5, 0.6) is 0 Å². The fraction of sp³-hybridized carbons (Fsp3) is 0.250. The minimum atomic E-state index is -6.00. The standard InChI is InChI=1S/C8H10S.BF4/c1-2-7-3-5-8(9)6-4-7;2-1(3,4)5/h3-6,9H,2H2,1H3;/q;-1/p+1. The Morgan fingerprint density at radius 1 is 1.07 bits per heavy atom. The molecular weight excluding hydrogens is 215 g/mol. The van der Waals surface area contributed by atoms with Gasteiger partial charge in [-0.25, -0.2) is 0 Å². The highest BCUT2D eigenvalue weighted by atomic mass is 32.1. The number of benzene rings is 1. The Labute approximate surface area is 85.8 Å². The average Bonchev–Trinajstić information content (AvgIpc) is 2.03. The lowest BCUT2D eigenvalue weighted by Crippen LogP contribution is -2.02. The summed E-state index contributed by atoms with van der Waals surface area (Å²) in [6, 6.07) is 8.39. The van der Waals surface area contributed by atoms with Gasteiger partial charge in [-0.3, -0.25) is 0 Å². The summed E-state index contributed by atoms with van der Waals surface area (Å²) in [4.78, 5) is 1.15. The zero-order valence-corrected chi connectivity index (χ0v) is 8.61. The molecule has 0 saturated heterocycles.